The lowest BCUT2D eigenvalue weighted by atomic mass is 10.0. The third-order valence-corrected chi connectivity index (χ3v) is 2.90. The van der Waals surface area contributed by atoms with Crippen molar-refractivity contribution in [2.75, 3.05) is 0 Å². The number of amides is 1. The molecule has 0 unspecified atom stereocenters. The highest BCUT2D eigenvalue weighted by Crippen LogP contribution is 2.28. The van der Waals surface area contributed by atoms with Crippen LogP contribution < -0.4 is 5.73 Å². The minimum atomic E-state index is -0.488. The Labute approximate surface area is 109 Å². The Kier molecular flexibility index (Phi) is 3.44. The minimum Gasteiger partial charge on any atom is -0.366 e. The molecule has 0 fully saturated rings. The van der Waals surface area contributed by atoms with Crippen LogP contribution in [0.4, 0.5) is 0 Å². The summed E-state index contributed by atoms with van der Waals surface area (Å²) in [5, 5.41) is 0.459. The molecule has 0 aliphatic rings. The maximum atomic E-state index is 11.1. The normalized spacial score (nSPS) is 10.1. The summed E-state index contributed by atoms with van der Waals surface area (Å²) in [6.07, 6.45) is 0.732. The molecule has 90 valence electrons. The van der Waals surface area contributed by atoms with E-state index in [4.69, 9.17) is 17.3 Å². The maximum Gasteiger partial charge on any atom is 0.248 e. The lowest BCUT2D eigenvalue weighted by Crippen LogP contribution is -2.10. The van der Waals surface area contributed by atoms with Gasteiger partial charge in [0, 0.05) is 21.7 Å². The van der Waals surface area contributed by atoms with Gasteiger partial charge in [0.15, 0.2) is 0 Å². The molecular weight excluding hydrogens is 250 g/mol. The largest absolute Gasteiger partial charge is 0.366 e. The number of aldehydes is 1. The Morgan fingerprint density at radius 2 is 1.94 bits per heavy atom. The van der Waals surface area contributed by atoms with Gasteiger partial charge in [0.2, 0.25) is 5.91 Å². The summed E-state index contributed by atoms with van der Waals surface area (Å²) in [4.78, 5) is 21.7. The third-order valence-electron chi connectivity index (χ3n) is 2.59. The molecule has 4 heteroatoms. The highest BCUT2D eigenvalue weighted by atomic mass is 35.5. The van der Waals surface area contributed by atoms with Gasteiger partial charge in [-0.2, -0.15) is 0 Å². The molecule has 18 heavy (non-hydrogen) atoms. The number of hydrogen-bond donors (Lipinski definition) is 1. The van der Waals surface area contributed by atoms with Crippen molar-refractivity contribution >= 4 is 23.8 Å². The number of carbonyl (C=O) groups excluding carboxylic acids is 2. The molecule has 2 aromatic carbocycles. The van der Waals surface area contributed by atoms with Crippen molar-refractivity contribution in [2.24, 2.45) is 5.73 Å². The van der Waals surface area contributed by atoms with E-state index < -0.39 is 5.91 Å². The lowest BCUT2D eigenvalue weighted by Gasteiger charge is -2.06. The third kappa shape index (κ3) is 2.41. The van der Waals surface area contributed by atoms with E-state index in [2.05, 4.69) is 0 Å². The van der Waals surface area contributed by atoms with Gasteiger partial charge in [-0.3, -0.25) is 9.59 Å². The summed E-state index contributed by atoms with van der Waals surface area (Å²) in [5.41, 5.74) is 7.70. The lowest BCUT2D eigenvalue weighted by molar-refractivity contribution is 0.1000. The minimum absolute atomic E-state index is 0.419. The number of rotatable bonds is 3. The van der Waals surface area contributed by atoms with E-state index in [1.807, 2.05) is 6.07 Å². The van der Waals surface area contributed by atoms with E-state index in [0.717, 1.165) is 17.4 Å². The van der Waals surface area contributed by atoms with E-state index in [1.54, 1.807) is 36.4 Å². The number of primary amides is 1. The molecule has 0 saturated heterocycles. The topological polar surface area (TPSA) is 60.2 Å². The number of carbonyl (C=O) groups is 2. The number of hydrogen-bond acceptors (Lipinski definition) is 2. The first-order chi connectivity index (χ1) is 8.61. The van der Waals surface area contributed by atoms with Crippen LogP contribution in [0.3, 0.4) is 0 Å². The van der Waals surface area contributed by atoms with Crippen LogP contribution in [-0.2, 0) is 0 Å². The van der Waals surface area contributed by atoms with Gasteiger partial charge in [0.1, 0.15) is 6.29 Å². The van der Waals surface area contributed by atoms with Crippen molar-refractivity contribution < 1.29 is 9.59 Å². The van der Waals surface area contributed by atoms with Crippen LogP contribution in [0.25, 0.3) is 11.1 Å². The van der Waals surface area contributed by atoms with Crippen LogP contribution in [0, 0.1) is 0 Å². The van der Waals surface area contributed by atoms with Crippen molar-refractivity contribution in [2.45, 2.75) is 0 Å². The molecule has 0 radical (unpaired) electrons. The maximum absolute atomic E-state index is 11.1. The van der Waals surface area contributed by atoms with Gasteiger partial charge in [-0.15, -0.1) is 0 Å². The predicted molar refractivity (Wildman–Crippen MR) is 70.8 cm³/mol. The molecule has 2 aromatic rings. The predicted octanol–water partition coefficient (Wildman–Crippen LogP) is 2.92. The van der Waals surface area contributed by atoms with Gasteiger partial charge in [-0.1, -0.05) is 35.9 Å². The van der Waals surface area contributed by atoms with Gasteiger partial charge >= 0.3 is 0 Å². The molecule has 1 amide bonds. The number of benzene rings is 2. The number of halogens is 1. The molecule has 0 aliphatic carbocycles. The fraction of sp³-hybridized carbons (Fsp3) is 0. The van der Waals surface area contributed by atoms with Crippen molar-refractivity contribution in [1.82, 2.24) is 0 Å². The summed E-state index contributed by atoms with van der Waals surface area (Å²) in [7, 11) is 0. The smallest absolute Gasteiger partial charge is 0.248 e. The van der Waals surface area contributed by atoms with Crippen molar-refractivity contribution in [3.63, 3.8) is 0 Å². The fourth-order valence-electron chi connectivity index (χ4n) is 1.68. The van der Waals surface area contributed by atoms with Crippen molar-refractivity contribution in [3.05, 3.63) is 58.6 Å². The summed E-state index contributed by atoms with van der Waals surface area (Å²) in [6.45, 7) is 0. The SMILES string of the molecule is NC(=O)c1cccc(-c2ccc(C=O)cc2Cl)c1. The van der Waals surface area contributed by atoms with Gasteiger partial charge < -0.3 is 5.73 Å². The van der Waals surface area contributed by atoms with E-state index in [0.29, 0.717) is 16.1 Å². The second-order valence-electron chi connectivity index (χ2n) is 3.80. The van der Waals surface area contributed by atoms with Crippen LogP contribution >= 0.6 is 11.6 Å². The van der Waals surface area contributed by atoms with E-state index >= 15 is 0 Å². The van der Waals surface area contributed by atoms with Gasteiger partial charge in [-0.25, -0.2) is 0 Å². The summed E-state index contributed by atoms with van der Waals surface area (Å²) in [5.74, 6) is -0.488. The second-order valence-corrected chi connectivity index (χ2v) is 4.21. The Morgan fingerprint density at radius 3 is 2.56 bits per heavy atom. The first kappa shape index (κ1) is 12.3. The molecule has 0 bridgehead atoms. The first-order valence-corrected chi connectivity index (χ1v) is 5.64. The van der Waals surface area contributed by atoms with Crippen LogP contribution in [0.1, 0.15) is 20.7 Å². The van der Waals surface area contributed by atoms with Crippen LogP contribution in [0.2, 0.25) is 5.02 Å². The average molecular weight is 260 g/mol. The van der Waals surface area contributed by atoms with Crippen LogP contribution in [-0.4, -0.2) is 12.2 Å². The monoisotopic (exact) mass is 259 g/mol. The zero-order valence-corrected chi connectivity index (χ0v) is 10.1. The Morgan fingerprint density at radius 1 is 1.17 bits per heavy atom. The second kappa shape index (κ2) is 5.02. The van der Waals surface area contributed by atoms with E-state index in [1.165, 1.54) is 0 Å². The quantitative estimate of drug-likeness (QED) is 0.862. The van der Waals surface area contributed by atoms with E-state index in [9.17, 15) is 9.59 Å². The molecule has 0 aliphatic heterocycles. The molecule has 0 atom stereocenters. The first-order valence-electron chi connectivity index (χ1n) is 5.27. The Balaban J connectivity index is 2.51. The summed E-state index contributed by atoms with van der Waals surface area (Å²) in [6, 6.07) is 11.9. The molecule has 0 saturated carbocycles. The Bertz CT molecular complexity index is 623. The molecule has 2 N–H and O–H groups in total. The molecule has 2 rings (SSSR count). The highest BCUT2D eigenvalue weighted by molar-refractivity contribution is 6.33. The standard InChI is InChI=1S/C14H10ClNO2/c15-13-6-9(8-17)4-5-12(13)10-2-1-3-11(7-10)14(16)18/h1-8H,(H2,16,18). The van der Waals surface area contributed by atoms with Crippen LogP contribution in [0.5, 0.6) is 0 Å². The zero-order valence-electron chi connectivity index (χ0n) is 9.39. The molecule has 3 nitrogen and oxygen atoms in total. The number of nitrogens with two attached hydrogens (primary N) is 1. The summed E-state index contributed by atoms with van der Waals surface area (Å²) >= 11 is 6.10. The molecular formula is C14H10ClNO2. The zero-order chi connectivity index (χ0) is 13.1. The van der Waals surface area contributed by atoms with Crippen molar-refractivity contribution in [1.29, 1.82) is 0 Å². The fourth-order valence-corrected chi connectivity index (χ4v) is 1.98. The molecule has 0 spiro atoms. The van der Waals surface area contributed by atoms with Gasteiger partial charge in [0.05, 0.1) is 0 Å². The molecule has 0 heterocycles. The van der Waals surface area contributed by atoms with Gasteiger partial charge in [0.25, 0.3) is 0 Å². The van der Waals surface area contributed by atoms with E-state index in [-0.39, 0.29) is 0 Å². The molecule has 0 aromatic heterocycles. The Hall–Kier alpha value is -2.13. The summed E-state index contributed by atoms with van der Waals surface area (Å²) < 4.78 is 0. The average Bonchev–Trinajstić information content (AvgIpc) is 2.38. The highest BCUT2D eigenvalue weighted by Gasteiger charge is 2.07. The van der Waals surface area contributed by atoms with Gasteiger partial charge in [-0.05, 0) is 23.8 Å². The van der Waals surface area contributed by atoms with Crippen molar-refractivity contribution in [3.8, 4) is 11.1 Å². The van der Waals surface area contributed by atoms with Crippen LogP contribution in [0.15, 0.2) is 42.5 Å².